The number of rotatable bonds is 4. The molecule has 1 atom stereocenters. The minimum atomic E-state index is -0.740. The number of carboxylic acid groups (broad SMARTS) is 1. The number of carbonyl (C=O) groups is 2. The Bertz CT molecular complexity index is 356. The van der Waals surface area contributed by atoms with E-state index in [0.717, 1.165) is 13.0 Å². The van der Waals surface area contributed by atoms with Crippen molar-refractivity contribution in [3.8, 4) is 0 Å². The van der Waals surface area contributed by atoms with Gasteiger partial charge >= 0.3 is 5.97 Å². The Morgan fingerprint density at radius 1 is 1.30 bits per heavy atom. The molecule has 2 fully saturated rings. The number of hydrogen-bond donors (Lipinski definition) is 2. The van der Waals surface area contributed by atoms with Crippen LogP contribution in [0.5, 0.6) is 0 Å². The minimum Gasteiger partial charge on any atom is -0.481 e. The van der Waals surface area contributed by atoms with Crippen molar-refractivity contribution in [1.29, 1.82) is 0 Å². The maximum Gasteiger partial charge on any atom is 0.309 e. The van der Waals surface area contributed by atoms with Crippen molar-refractivity contribution in [3.05, 3.63) is 0 Å². The summed E-state index contributed by atoms with van der Waals surface area (Å²) in [5.74, 6) is -0.555. The molecule has 1 amide bonds. The molecule has 0 aromatic rings. The molecule has 5 heteroatoms. The van der Waals surface area contributed by atoms with Gasteiger partial charge in [0.25, 0.3) is 0 Å². The number of likely N-dealkylation sites (tertiary alicyclic amines) is 1. The van der Waals surface area contributed by atoms with E-state index in [9.17, 15) is 14.7 Å². The summed E-state index contributed by atoms with van der Waals surface area (Å²) in [6.07, 6.45) is 6.29. The number of aliphatic carboxylic acids is 1. The Labute approximate surface area is 120 Å². The lowest BCUT2D eigenvalue weighted by atomic mass is 9.80. The standard InChI is InChI=1S/C15H26N2O3/c1-15(14(19)20)7-10-17(11-8-15)13(18)6-5-12-4-2-3-9-16-12/h12,16H,2-11H2,1H3,(H,19,20). The number of amides is 1. The quantitative estimate of drug-likeness (QED) is 0.822. The summed E-state index contributed by atoms with van der Waals surface area (Å²) in [6.45, 7) is 4.02. The first-order valence-electron chi connectivity index (χ1n) is 7.76. The van der Waals surface area contributed by atoms with E-state index >= 15 is 0 Å². The van der Waals surface area contributed by atoms with Crippen LogP contribution in [0, 0.1) is 5.41 Å². The first-order chi connectivity index (χ1) is 9.51. The van der Waals surface area contributed by atoms with Gasteiger partial charge in [0.1, 0.15) is 0 Å². The van der Waals surface area contributed by atoms with Gasteiger partial charge in [-0.05, 0) is 45.6 Å². The molecule has 5 nitrogen and oxygen atoms in total. The van der Waals surface area contributed by atoms with Gasteiger partial charge in [-0.2, -0.15) is 0 Å². The molecular weight excluding hydrogens is 256 g/mol. The van der Waals surface area contributed by atoms with Gasteiger partial charge in [0, 0.05) is 25.6 Å². The highest BCUT2D eigenvalue weighted by Gasteiger charge is 2.37. The highest BCUT2D eigenvalue weighted by atomic mass is 16.4. The van der Waals surface area contributed by atoms with Gasteiger partial charge in [0.15, 0.2) is 0 Å². The fourth-order valence-corrected chi connectivity index (χ4v) is 3.09. The van der Waals surface area contributed by atoms with Gasteiger partial charge in [-0.3, -0.25) is 9.59 Å². The normalized spacial score (nSPS) is 26.2. The molecule has 1 unspecified atom stereocenters. The zero-order valence-electron chi connectivity index (χ0n) is 12.4. The lowest BCUT2D eigenvalue weighted by Crippen LogP contribution is -2.45. The molecule has 0 radical (unpaired) electrons. The molecule has 0 aromatic heterocycles. The van der Waals surface area contributed by atoms with E-state index in [1.54, 1.807) is 6.92 Å². The highest BCUT2D eigenvalue weighted by molar-refractivity contribution is 5.78. The van der Waals surface area contributed by atoms with Gasteiger partial charge in [-0.15, -0.1) is 0 Å². The van der Waals surface area contributed by atoms with E-state index in [2.05, 4.69) is 5.32 Å². The van der Waals surface area contributed by atoms with Gasteiger partial charge in [-0.25, -0.2) is 0 Å². The number of nitrogens with one attached hydrogen (secondary N) is 1. The van der Waals surface area contributed by atoms with Crippen molar-refractivity contribution in [2.24, 2.45) is 5.41 Å². The van der Waals surface area contributed by atoms with Crippen LogP contribution in [0.3, 0.4) is 0 Å². The third-order valence-electron chi connectivity index (χ3n) is 4.86. The Kier molecular flexibility index (Phi) is 5.02. The van der Waals surface area contributed by atoms with Crippen LogP contribution in [0.25, 0.3) is 0 Å². The largest absolute Gasteiger partial charge is 0.481 e. The van der Waals surface area contributed by atoms with Crippen LogP contribution in [0.2, 0.25) is 0 Å². The molecule has 2 saturated heterocycles. The Hall–Kier alpha value is -1.10. The van der Waals surface area contributed by atoms with Crippen molar-refractivity contribution in [3.63, 3.8) is 0 Å². The van der Waals surface area contributed by atoms with Crippen molar-refractivity contribution >= 4 is 11.9 Å². The zero-order chi connectivity index (χ0) is 14.6. The zero-order valence-corrected chi connectivity index (χ0v) is 12.4. The summed E-state index contributed by atoms with van der Waals surface area (Å²) in [7, 11) is 0. The summed E-state index contributed by atoms with van der Waals surface area (Å²) in [6, 6.07) is 0.488. The van der Waals surface area contributed by atoms with Crippen LogP contribution in [0.15, 0.2) is 0 Å². The van der Waals surface area contributed by atoms with Crippen LogP contribution in [0.1, 0.15) is 51.9 Å². The SMILES string of the molecule is CC1(C(=O)O)CCN(C(=O)CCC2CCCCN2)CC1. The molecule has 20 heavy (non-hydrogen) atoms. The van der Waals surface area contributed by atoms with Crippen molar-refractivity contribution in [1.82, 2.24) is 10.2 Å². The fraction of sp³-hybridized carbons (Fsp3) is 0.867. The molecule has 0 spiro atoms. The second-order valence-corrected chi connectivity index (χ2v) is 6.43. The summed E-state index contributed by atoms with van der Waals surface area (Å²) >= 11 is 0. The van der Waals surface area contributed by atoms with Crippen LogP contribution in [0.4, 0.5) is 0 Å². The monoisotopic (exact) mass is 282 g/mol. The third kappa shape index (κ3) is 3.72. The summed E-state index contributed by atoms with van der Waals surface area (Å²) in [5.41, 5.74) is -0.651. The first kappa shape index (κ1) is 15.3. The second kappa shape index (κ2) is 6.57. The molecule has 2 rings (SSSR count). The Balaban J connectivity index is 1.73. The van der Waals surface area contributed by atoms with E-state index < -0.39 is 11.4 Å². The topological polar surface area (TPSA) is 69.6 Å². The number of carbonyl (C=O) groups excluding carboxylic acids is 1. The van der Waals surface area contributed by atoms with Crippen LogP contribution in [-0.4, -0.2) is 47.6 Å². The minimum absolute atomic E-state index is 0.185. The lowest BCUT2D eigenvalue weighted by molar-refractivity contribution is -0.153. The molecule has 114 valence electrons. The molecular formula is C15H26N2O3. The van der Waals surface area contributed by atoms with Gasteiger partial charge in [0.05, 0.1) is 5.41 Å². The van der Waals surface area contributed by atoms with Crippen LogP contribution >= 0.6 is 0 Å². The predicted octanol–water partition coefficient (Wildman–Crippen LogP) is 1.62. The number of piperidine rings is 2. The molecule has 2 aliphatic rings. The summed E-state index contributed by atoms with van der Waals surface area (Å²) in [5, 5.41) is 12.6. The van der Waals surface area contributed by atoms with E-state index in [0.29, 0.717) is 38.4 Å². The number of carboxylic acids is 1. The molecule has 2 aliphatic heterocycles. The maximum atomic E-state index is 12.2. The van der Waals surface area contributed by atoms with Crippen molar-refractivity contribution in [2.75, 3.05) is 19.6 Å². The van der Waals surface area contributed by atoms with E-state index in [4.69, 9.17) is 0 Å². The molecule has 0 saturated carbocycles. The van der Waals surface area contributed by atoms with E-state index in [-0.39, 0.29) is 5.91 Å². The van der Waals surface area contributed by atoms with Crippen molar-refractivity contribution in [2.45, 2.75) is 57.9 Å². The van der Waals surface area contributed by atoms with E-state index in [1.807, 2.05) is 4.90 Å². The number of nitrogens with zero attached hydrogens (tertiary/aromatic N) is 1. The average molecular weight is 282 g/mol. The third-order valence-corrected chi connectivity index (χ3v) is 4.86. The molecule has 0 aromatic carbocycles. The fourth-order valence-electron chi connectivity index (χ4n) is 3.09. The molecule has 2 heterocycles. The summed E-state index contributed by atoms with van der Waals surface area (Å²) < 4.78 is 0. The highest BCUT2D eigenvalue weighted by Crippen LogP contribution is 2.31. The smallest absolute Gasteiger partial charge is 0.309 e. The second-order valence-electron chi connectivity index (χ2n) is 6.43. The lowest BCUT2D eigenvalue weighted by Gasteiger charge is -2.36. The first-order valence-corrected chi connectivity index (χ1v) is 7.76. The average Bonchev–Trinajstić information content (AvgIpc) is 2.46. The van der Waals surface area contributed by atoms with Gasteiger partial charge in [0.2, 0.25) is 5.91 Å². The Morgan fingerprint density at radius 3 is 2.55 bits per heavy atom. The van der Waals surface area contributed by atoms with Crippen LogP contribution in [-0.2, 0) is 9.59 Å². The van der Waals surface area contributed by atoms with Crippen molar-refractivity contribution < 1.29 is 14.7 Å². The van der Waals surface area contributed by atoms with Gasteiger partial charge in [-0.1, -0.05) is 6.42 Å². The number of hydrogen-bond acceptors (Lipinski definition) is 3. The van der Waals surface area contributed by atoms with Crippen LogP contribution < -0.4 is 5.32 Å². The Morgan fingerprint density at radius 2 is 2.00 bits per heavy atom. The van der Waals surface area contributed by atoms with E-state index in [1.165, 1.54) is 19.3 Å². The molecule has 0 aliphatic carbocycles. The predicted molar refractivity (Wildman–Crippen MR) is 76.4 cm³/mol. The molecule has 0 bridgehead atoms. The maximum absolute atomic E-state index is 12.2. The summed E-state index contributed by atoms with van der Waals surface area (Å²) in [4.78, 5) is 25.2. The van der Waals surface area contributed by atoms with Gasteiger partial charge < -0.3 is 15.3 Å². The molecule has 2 N–H and O–H groups in total.